The highest BCUT2D eigenvalue weighted by atomic mass is 32.1. The molecule has 0 aliphatic heterocycles. The third kappa shape index (κ3) is 3.32. The lowest BCUT2D eigenvalue weighted by Crippen LogP contribution is -2.15. The van der Waals surface area contributed by atoms with E-state index in [9.17, 15) is 9.18 Å². The minimum absolute atomic E-state index is 0.127. The fourth-order valence-corrected chi connectivity index (χ4v) is 1.58. The molecule has 0 unspecified atom stereocenters. The molecule has 0 aliphatic carbocycles. The molecule has 1 aromatic heterocycles. The van der Waals surface area contributed by atoms with Crippen molar-refractivity contribution in [3.05, 3.63) is 59.7 Å². The lowest BCUT2D eigenvalue weighted by molar-refractivity contribution is 0.102. The number of thiocarbonyl (C=S) groups is 1. The predicted octanol–water partition coefficient (Wildman–Crippen LogP) is 2.11. The molecule has 0 fully saturated rings. The van der Waals surface area contributed by atoms with Crippen molar-refractivity contribution in [2.75, 3.05) is 5.32 Å². The van der Waals surface area contributed by atoms with Crippen molar-refractivity contribution in [2.24, 2.45) is 5.73 Å². The van der Waals surface area contributed by atoms with Crippen LogP contribution in [-0.2, 0) is 0 Å². The molecule has 1 heterocycles. The minimum atomic E-state index is -0.493. The van der Waals surface area contributed by atoms with Gasteiger partial charge in [0.05, 0.1) is 6.20 Å². The van der Waals surface area contributed by atoms with Gasteiger partial charge in [0.15, 0.2) is 0 Å². The summed E-state index contributed by atoms with van der Waals surface area (Å²) < 4.78 is 12.7. The maximum atomic E-state index is 12.7. The number of carbonyl (C=O) groups excluding carboxylic acids is 1. The van der Waals surface area contributed by atoms with E-state index in [0.717, 1.165) is 6.20 Å². The maximum absolute atomic E-state index is 12.7. The summed E-state index contributed by atoms with van der Waals surface area (Å²) in [5.41, 5.74) is 6.83. The second-order valence-corrected chi connectivity index (χ2v) is 4.20. The van der Waals surface area contributed by atoms with E-state index in [-0.39, 0.29) is 10.7 Å². The number of nitrogens with zero attached hydrogens (tertiary/aromatic N) is 1. The summed E-state index contributed by atoms with van der Waals surface area (Å²) in [4.78, 5) is 15.8. The molecule has 1 aromatic carbocycles. The van der Waals surface area contributed by atoms with Crippen LogP contribution < -0.4 is 11.1 Å². The van der Waals surface area contributed by atoms with Gasteiger partial charge in [-0.3, -0.25) is 4.79 Å². The van der Waals surface area contributed by atoms with Crippen LogP contribution in [0.3, 0.4) is 0 Å². The van der Waals surface area contributed by atoms with E-state index in [1.54, 1.807) is 24.3 Å². The molecule has 1 amide bonds. The maximum Gasteiger partial charge on any atom is 0.274 e. The number of nitrogens with two attached hydrogens (primary N) is 1. The highest BCUT2D eigenvalue weighted by molar-refractivity contribution is 7.80. The Balaban J connectivity index is 2.17. The smallest absolute Gasteiger partial charge is 0.274 e. The largest absolute Gasteiger partial charge is 0.389 e. The average molecular weight is 275 g/mol. The van der Waals surface area contributed by atoms with Crippen LogP contribution in [0.1, 0.15) is 16.1 Å². The standard InChI is InChI=1S/C13H10FN3OS/c14-9-4-5-11(16-7-9)13(18)17-10-3-1-2-8(6-10)12(15)19/h1-7H,(H2,15,19)(H,17,18). The Morgan fingerprint density at radius 1 is 1.32 bits per heavy atom. The molecule has 0 bridgehead atoms. The summed E-state index contributed by atoms with van der Waals surface area (Å²) >= 11 is 4.85. The fraction of sp³-hybridized carbons (Fsp3) is 0. The van der Waals surface area contributed by atoms with Crippen LogP contribution in [0.4, 0.5) is 10.1 Å². The van der Waals surface area contributed by atoms with Crippen molar-refractivity contribution in [1.82, 2.24) is 4.98 Å². The van der Waals surface area contributed by atoms with Gasteiger partial charge in [0.2, 0.25) is 0 Å². The predicted molar refractivity (Wildman–Crippen MR) is 74.5 cm³/mol. The van der Waals surface area contributed by atoms with E-state index in [1.807, 2.05) is 0 Å². The highest BCUT2D eigenvalue weighted by Gasteiger charge is 2.08. The SMILES string of the molecule is NC(=S)c1cccc(NC(=O)c2ccc(F)cn2)c1. The molecule has 3 N–H and O–H groups in total. The summed E-state index contributed by atoms with van der Waals surface area (Å²) in [5, 5.41) is 2.63. The molecular weight excluding hydrogens is 265 g/mol. The molecule has 2 rings (SSSR count). The number of halogens is 1. The van der Waals surface area contributed by atoms with Crippen LogP contribution in [-0.4, -0.2) is 15.9 Å². The molecule has 0 radical (unpaired) electrons. The van der Waals surface area contributed by atoms with Gasteiger partial charge in [-0.05, 0) is 24.3 Å². The van der Waals surface area contributed by atoms with Crippen LogP contribution >= 0.6 is 12.2 Å². The van der Waals surface area contributed by atoms with Gasteiger partial charge in [0.25, 0.3) is 5.91 Å². The van der Waals surface area contributed by atoms with Crippen molar-refractivity contribution in [3.8, 4) is 0 Å². The highest BCUT2D eigenvalue weighted by Crippen LogP contribution is 2.12. The van der Waals surface area contributed by atoms with Gasteiger partial charge in [-0.15, -0.1) is 0 Å². The summed E-state index contributed by atoms with van der Waals surface area (Å²) in [5.74, 6) is -0.924. The van der Waals surface area contributed by atoms with Crippen molar-refractivity contribution < 1.29 is 9.18 Å². The number of hydrogen-bond acceptors (Lipinski definition) is 3. The number of pyridine rings is 1. The Morgan fingerprint density at radius 2 is 2.11 bits per heavy atom. The van der Waals surface area contributed by atoms with E-state index < -0.39 is 11.7 Å². The molecule has 2 aromatic rings. The number of benzene rings is 1. The van der Waals surface area contributed by atoms with Crippen LogP contribution in [0.25, 0.3) is 0 Å². The molecule has 0 saturated carbocycles. The second-order valence-electron chi connectivity index (χ2n) is 3.76. The number of hydrogen-bond donors (Lipinski definition) is 2. The van der Waals surface area contributed by atoms with Gasteiger partial charge in [0.1, 0.15) is 16.5 Å². The zero-order valence-corrected chi connectivity index (χ0v) is 10.6. The van der Waals surface area contributed by atoms with Crippen molar-refractivity contribution in [3.63, 3.8) is 0 Å². The third-order valence-corrected chi connectivity index (χ3v) is 2.60. The molecular formula is C13H10FN3OS. The van der Waals surface area contributed by atoms with E-state index in [1.165, 1.54) is 12.1 Å². The first-order valence-corrected chi connectivity index (χ1v) is 5.80. The molecule has 0 atom stereocenters. The lowest BCUT2D eigenvalue weighted by atomic mass is 10.2. The zero-order valence-electron chi connectivity index (χ0n) is 9.76. The Kier molecular flexibility index (Phi) is 3.82. The van der Waals surface area contributed by atoms with Gasteiger partial charge < -0.3 is 11.1 Å². The van der Waals surface area contributed by atoms with Gasteiger partial charge in [-0.2, -0.15) is 0 Å². The van der Waals surface area contributed by atoms with E-state index >= 15 is 0 Å². The first-order chi connectivity index (χ1) is 9.06. The van der Waals surface area contributed by atoms with Gasteiger partial charge in [0, 0.05) is 11.3 Å². The van der Waals surface area contributed by atoms with E-state index in [4.69, 9.17) is 18.0 Å². The summed E-state index contributed by atoms with van der Waals surface area (Å²) in [6.07, 6.45) is 0.986. The molecule has 0 aliphatic rings. The van der Waals surface area contributed by atoms with Crippen LogP contribution in [0.2, 0.25) is 0 Å². The minimum Gasteiger partial charge on any atom is -0.389 e. The molecule has 96 valence electrons. The summed E-state index contributed by atoms with van der Waals surface area (Å²) in [7, 11) is 0. The summed E-state index contributed by atoms with van der Waals surface area (Å²) in [6.45, 7) is 0. The molecule has 0 spiro atoms. The van der Waals surface area contributed by atoms with Crippen molar-refractivity contribution in [1.29, 1.82) is 0 Å². The number of nitrogens with one attached hydrogen (secondary N) is 1. The Hall–Kier alpha value is -2.34. The molecule has 0 saturated heterocycles. The quantitative estimate of drug-likeness (QED) is 0.842. The second kappa shape index (κ2) is 5.53. The van der Waals surface area contributed by atoms with E-state index in [2.05, 4.69) is 10.3 Å². The van der Waals surface area contributed by atoms with Crippen LogP contribution in [0.15, 0.2) is 42.6 Å². The number of rotatable bonds is 3. The lowest BCUT2D eigenvalue weighted by Gasteiger charge is -2.06. The van der Waals surface area contributed by atoms with E-state index in [0.29, 0.717) is 11.3 Å². The first-order valence-electron chi connectivity index (χ1n) is 5.39. The number of amides is 1. The molecule has 4 nitrogen and oxygen atoms in total. The van der Waals surface area contributed by atoms with Gasteiger partial charge >= 0.3 is 0 Å². The first kappa shape index (κ1) is 13.1. The number of aromatic nitrogens is 1. The Morgan fingerprint density at radius 3 is 2.74 bits per heavy atom. The summed E-state index contributed by atoms with van der Waals surface area (Å²) in [6, 6.07) is 9.30. The normalized spacial score (nSPS) is 9.95. The van der Waals surface area contributed by atoms with Crippen molar-refractivity contribution in [2.45, 2.75) is 0 Å². The third-order valence-electron chi connectivity index (χ3n) is 2.36. The number of anilines is 1. The van der Waals surface area contributed by atoms with Gasteiger partial charge in [-0.1, -0.05) is 24.4 Å². The van der Waals surface area contributed by atoms with Crippen LogP contribution in [0, 0.1) is 5.82 Å². The Labute approximate surface area is 114 Å². The zero-order chi connectivity index (χ0) is 13.8. The van der Waals surface area contributed by atoms with Crippen LogP contribution in [0.5, 0.6) is 0 Å². The topological polar surface area (TPSA) is 68.0 Å². The Bertz CT molecular complexity index is 628. The number of carbonyl (C=O) groups is 1. The average Bonchev–Trinajstić information content (AvgIpc) is 2.39. The van der Waals surface area contributed by atoms with Gasteiger partial charge in [-0.25, -0.2) is 9.37 Å². The molecule has 19 heavy (non-hydrogen) atoms. The monoisotopic (exact) mass is 275 g/mol. The fourth-order valence-electron chi connectivity index (χ4n) is 1.46. The molecule has 6 heteroatoms. The van der Waals surface area contributed by atoms with Crippen molar-refractivity contribution >= 4 is 28.8 Å².